The summed E-state index contributed by atoms with van der Waals surface area (Å²) in [5, 5.41) is 10.9. The number of hydrogen-bond donors (Lipinski definition) is 2. The van der Waals surface area contributed by atoms with E-state index in [1.807, 2.05) is 18.2 Å². The van der Waals surface area contributed by atoms with E-state index in [1.54, 1.807) is 0 Å². The number of halogens is 3. The highest BCUT2D eigenvalue weighted by molar-refractivity contribution is 7.99. The molecule has 1 aromatic carbocycles. The van der Waals surface area contributed by atoms with Crippen LogP contribution in [0, 0.1) is 5.92 Å². The molecule has 1 aliphatic rings. The van der Waals surface area contributed by atoms with Gasteiger partial charge in [-0.3, -0.25) is 0 Å². The number of rotatable bonds is 4. The number of nitrogens with zero attached hydrogens (tertiary/aromatic N) is 1. The first-order valence-electron chi connectivity index (χ1n) is 6.20. The van der Waals surface area contributed by atoms with Crippen LogP contribution in [0.25, 0.3) is 0 Å². The minimum absolute atomic E-state index is 0.293. The molecular weight excluding hydrogens is 289 g/mol. The Morgan fingerprint density at radius 3 is 2.70 bits per heavy atom. The molecule has 0 bridgehead atoms. The highest BCUT2D eigenvalue weighted by Crippen LogP contribution is 2.33. The molecule has 0 fully saturated rings. The fourth-order valence-corrected chi connectivity index (χ4v) is 3.34. The van der Waals surface area contributed by atoms with Crippen LogP contribution in [-0.4, -0.2) is 23.0 Å². The number of fused-ring (bicyclic) bond motifs is 1. The van der Waals surface area contributed by atoms with Crippen LogP contribution in [0.4, 0.5) is 13.2 Å². The second kappa shape index (κ2) is 5.95. The fraction of sp³-hybridized carbons (Fsp3) is 0.462. The summed E-state index contributed by atoms with van der Waals surface area (Å²) in [6.07, 6.45) is -1.40. The van der Waals surface area contributed by atoms with Crippen molar-refractivity contribution >= 4 is 17.6 Å². The fourth-order valence-electron chi connectivity index (χ4n) is 2.23. The Morgan fingerprint density at radius 1 is 1.35 bits per heavy atom. The standard InChI is InChI=1S/C13H15F3N2OS/c14-13(15,16)11(12(17)18-19)7-20-10-5-4-8-2-1-3-9(8)6-10/h4-6,11,19H,1-3,7H2,(H2,17,18). The van der Waals surface area contributed by atoms with Crippen molar-refractivity contribution in [3.05, 3.63) is 29.3 Å². The molecule has 3 nitrogen and oxygen atoms in total. The highest BCUT2D eigenvalue weighted by atomic mass is 32.2. The number of hydrogen-bond acceptors (Lipinski definition) is 3. The molecule has 2 rings (SSSR count). The normalized spacial score (nSPS) is 17.1. The Hall–Kier alpha value is -1.37. The van der Waals surface area contributed by atoms with Crippen LogP contribution in [0.1, 0.15) is 17.5 Å². The molecule has 0 spiro atoms. The summed E-state index contributed by atoms with van der Waals surface area (Å²) in [5.74, 6) is -3.03. The summed E-state index contributed by atoms with van der Waals surface area (Å²) in [6, 6.07) is 5.73. The van der Waals surface area contributed by atoms with Gasteiger partial charge in [0, 0.05) is 10.6 Å². The average molecular weight is 304 g/mol. The van der Waals surface area contributed by atoms with Gasteiger partial charge in [0.15, 0.2) is 5.84 Å². The summed E-state index contributed by atoms with van der Waals surface area (Å²) in [6.45, 7) is 0. The first kappa shape index (κ1) is 15.0. The smallest absolute Gasteiger partial charge is 0.399 e. The van der Waals surface area contributed by atoms with E-state index in [9.17, 15) is 13.2 Å². The average Bonchev–Trinajstić information content (AvgIpc) is 2.84. The van der Waals surface area contributed by atoms with Crippen LogP contribution >= 0.6 is 11.8 Å². The van der Waals surface area contributed by atoms with Crippen molar-refractivity contribution in [3.63, 3.8) is 0 Å². The van der Waals surface area contributed by atoms with Crippen LogP contribution in [0.3, 0.4) is 0 Å². The Labute approximate surface area is 119 Å². The summed E-state index contributed by atoms with van der Waals surface area (Å²) >= 11 is 1.07. The second-order valence-electron chi connectivity index (χ2n) is 4.71. The third-order valence-electron chi connectivity index (χ3n) is 3.35. The SMILES string of the molecule is N/C(=N/O)C(CSc1ccc2c(c1)CCC2)C(F)(F)F. The van der Waals surface area contributed by atoms with E-state index in [1.165, 1.54) is 11.1 Å². The molecule has 3 N–H and O–H groups in total. The van der Waals surface area contributed by atoms with Gasteiger partial charge in [-0.15, -0.1) is 11.8 Å². The number of nitrogens with two attached hydrogens (primary N) is 1. The Bertz CT molecular complexity index is 517. The molecule has 1 aromatic rings. The van der Waals surface area contributed by atoms with Crippen LogP contribution in [0.5, 0.6) is 0 Å². The van der Waals surface area contributed by atoms with Crippen molar-refractivity contribution in [3.8, 4) is 0 Å². The number of benzene rings is 1. The van der Waals surface area contributed by atoms with Crippen LogP contribution in [0.15, 0.2) is 28.3 Å². The molecule has 0 saturated carbocycles. The van der Waals surface area contributed by atoms with E-state index in [-0.39, 0.29) is 5.75 Å². The van der Waals surface area contributed by atoms with E-state index in [2.05, 4.69) is 5.16 Å². The Morgan fingerprint density at radius 2 is 2.05 bits per heavy atom. The third kappa shape index (κ3) is 3.39. The lowest BCUT2D eigenvalue weighted by atomic mass is 10.1. The van der Waals surface area contributed by atoms with Crippen molar-refractivity contribution in [1.82, 2.24) is 0 Å². The summed E-state index contributed by atoms with van der Waals surface area (Å²) in [4.78, 5) is 0.783. The van der Waals surface area contributed by atoms with Gasteiger partial charge in [0.2, 0.25) is 0 Å². The van der Waals surface area contributed by atoms with E-state index in [0.29, 0.717) is 0 Å². The molecule has 1 aliphatic carbocycles. The zero-order valence-electron chi connectivity index (χ0n) is 10.7. The number of amidine groups is 1. The number of thioether (sulfide) groups is 1. The maximum atomic E-state index is 12.8. The second-order valence-corrected chi connectivity index (χ2v) is 5.81. The zero-order chi connectivity index (χ0) is 14.8. The summed E-state index contributed by atoms with van der Waals surface area (Å²) in [5.41, 5.74) is 7.61. The van der Waals surface area contributed by atoms with E-state index < -0.39 is 17.9 Å². The number of oxime groups is 1. The first-order valence-corrected chi connectivity index (χ1v) is 7.19. The minimum atomic E-state index is -4.51. The van der Waals surface area contributed by atoms with Crippen molar-refractivity contribution in [2.45, 2.75) is 30.3 Å². The van der Waals surface area contributed by atoms with Gasteiger partial charge in [0.05, 0.1) is 0 Å². The van der Waals surface area contributed by atoms with E-state index in [4.69, 9.17) is 10.9 Å². The molecule has 1 atom stereocenters. The molecule has 20 heavy (non-hydrogen) atoms. The van der Waals surface area contributed by atoms with Gasteiger partial charge in [0.25, 0.3) is 0 Å². The topological polar surface area (TPSA) is 58.6 Å². The van der Waals surface area contributed by atoms with Crippen molar-refractivity contribution in [2.24, 2.45) is 16.8 Å². The molecule has 7 heteroatoms. The third-order valence-corrected chi connectivity index (χ3v) is 4.44. The van der Waals surface area contributed by atoms with Gasteiger partial charge in [-0.05, 0) is 42.5 Å². The molecule has 0 amide bonds. The largest absolute Gasteiger partial charge is 0.409 e. The molecule has 0 saturated heterocycles. The lowest BCUT2D eigenvalue weighted by molar-refractivity contribution is -0.150. The number of aryl methyl sites for hydroxylation is 2. The predicted octanol–water partition coefficient (Wildman–Crippen LogP) is 3.19. The maximum absolute atomic E-state index is 12.8. The van der Waals surface area contributed by atoms with Crippen molar-refractivity contribution in [1.29, 1.82) is 0 Å². The Kier molecular flexibility index (Phi) is 4.47. The van der Waals surface area contributed by atoms with Gasteiger partial charge in [-0.2, -0.15) is 13.2 Å². The van der Waals surface area contributed by atoms with Crippen LogP contribution < -0.4 is 5.73 Å². The lowest BCUT2D eigenvalue weighted by Crippen LogP contribution is -2.37. The van der Waals surface area contributed by atoms with Gasteiger partial charge >= 0.3 is 6.18 Å². The van der Waals surface area contributed by atoms with Crippen molar-refractivity contribution < 1.29 is 18.4 Å². The van der Waals surface area contributed by atoms with E-state index >= 15 is 0 Å². The zero-order valence-corrected chi connectivity index (χ0v) is 11.5. The molecular formula is C13H15F3N2OS. The van der Waals surface area contributed by atoms with Gasteiger partial charge in [-0.1, -0.05) is 11.2 Å². The maximum Gasteiger partial charge on any atom is 0.399 e. The molecule has 0 radical (unpaired) electrons. The Balaban J connectivity index is 2.06. The minimum Gasteiger partial charge on any atom is -0.409 e. The monoisotopic (exact) mass is 304 g/mol. The molecule has 1 unspecified atom stereocenters. The summed E-state index contributed by atoms with van der Waals surface area (Å²) in [7, 11) is 0. The van der Waals surface area contributed by atoms with Crippen LogP contribution in [-0.2, 0) is 12.8 Å². The van der Waals surface area contributed by atoms with E-state index in [0.717, 1.165) is 35.9 Å². The lowest BCUT2D eigenvalue weighted by Gasteiger charge is -2.18. The van der Waals surface area contributed by atoms with Crippen LogP contribution in [0.2, 0.25) is 0 Å². The molecule has 0 aromatic heterocycles. The quantitative estimate of drug-likeness (QED) is 0.295. The molecule has 0 aliphatic heterocycles. The van der Waals surface area contributed by atoms with Gasteiger partial charge < -0.3 is 10.9 Å². The van der Waals surface area contributed by atoms with Gasteiger partial charge in [-0.25, -0.2) is 0 Å². The number of alkyl halides is 3. The molecule has 110 valence electrons. The molecule has 0 heterocycles. The predicted molar refractivity (Wildman–Crippen MR) is 72.1 cm³/mol. The summed E-state index contributed by atoms with van der Waals surface area (Å²) < 4.78 is 38.4. The van der Waals surface area contributed by atoms with Gasteiger partial charge in [0.1, 0.15) is 5.92 Å². The van der Waals surface area contributed by atoms with Crippen molar-refractivity contribution in [2.75, 3.05) is 5.75 Å². The highest BCUT2D eigenvalue weighted by Gasteiger charge is 2.42. The first-order chi connectivity index (χ1) is 9.41.